The Labute approximate surface area is 202 Å². The number of urea groups is 1. The summed E-state index contributed by atoms with van der Waals surface area (Å²) in [4.78, 5) is 31.3. The quantitative estimate of drug-likeness (QED) is 0.330. The predicted octanol–water partition coefficient (Wildman–Crippen LogP) is 4.52. The van der Waals surface area contributed by atoms with Gasteiger partial charge in [0.05, 0.1) is 6.04 Å². The fourth-order valence-electron chi connectivity index (χ4n) is 4.65. The molecule has 2 aromatic carbocycles. The highest BCUT2D eigenvalue weighted by Crippen LogP contribution is 2.36. The van der Waals surface area contributed by atoms with E-state index in [9.17, 15) is 9.59 Å². The first-order chi connectivity index (χ1) is 16.5. The molecule has 178 valence electrons. The first-order valence-electron chi connectivity index (χ1n) is 11.7. The third kappa shape index (κ3) is 6.51. The number of piperidine rings is 1. The highest BCUT2D eigenvalue weighted by atomic mass is 16.2. The lowest BCUT2D eigenvalue weighted by atomic mass is 9.82. The number of carbonyl (C=O) groups is 2. The van der Waals surface area contributed by atoms with Crippen LogP contribution in [-0.2, 0) is 4.79 Å². The van der Waals surface area contributed by atoms with Gasteiger partial charge < -0.3 is 10.6 Å². The number of rotatable bonds is 9. The predicted molar refractivity (Wildman–Crippen MR) is 138 cm³/mol. The number of nitrogens with zero attached hydrogens (tertiary/aromatic N) is 2. The standard InChI is InChI=1S/C28H34N4O2/c1-21(11-10-17-29-2)27(33)24-16-18-32(25(19-24)20-31-28(34)30-3)26(22-12-6-4-7-13-22)23-14-8-5-9-15-23/h4-15,17,24-26H,2,16,18-20H2,1,3H3,(H2,30,31,34)/b17-10-,21-11+/t24-,25?/m0/s1. The van der Waals surface area contributed by atoms with Crippen LogP contribution in [0.1, 0.15) is 36.9 Å². The van der Waals surface area contributed by atoms with Gasteiger partial charge in [-0.1, -0.05) is 66.7 Å². The summed E-state index contributed by atoms with van der Waals surface area (Å²) in [5, 5.41) is 5.60. The molecule has 1 aliphatic heterocycles. The molecule has 2 aromatic rings. The zero-order chi connectivity index (χ0) is 24.3. The summed E-state index contributed by atoms with van der Waals surface area (Å²) in [6, 6.07) is 20.7. The number of hydrogen-bond acceptors (Lipinski definition) is 4. The summed E-state index contributed by atoms with van der Waals surface area (Å²) in [5.41, 5.74) is 3.10. The number of benzene rings is 2. The lowest BCUT2D eigenvalue weighted by molar-refractivity contribution is -0.121. The van der Waals surface area contributed by atoms with E-state index >= 15 is 0 Å². The Kier molecular flexibility index (Phi) is 9.35. The van der Waals surface area contributed by atoms with E-state index in [0.29, 0.717) is 18.5 Å². The third-order valence-corrected chi connectivity index (χ3v) is 6.35. The topological polar surface area (TPSA) is 73.8 Å². The Morgan fingerprint density at radius 1 is 1.12 bits per heavy atom. The molecule has 0 bridgehead atoms. The van der Waals surface area contributed by atoms with Crippen molar-refractivity contribution < 1.29 is 9.59 Å². The molecular weight excluding hydrogens is 424 g/mol. The van der Waals surface area contributed by atoms with Crippen molar-refractivity contribution in [3.05, 3.63) is 95.7 Å². The molecule has 1 saturated heterocycles. The van der Waals surface area contributed by atoms with E-state index < -0.39 is 0 Å². The van der Waals surface area contributed by atoms with Crippen molar-refractivity contribution >= 4 is 18.5 Å². The fraction of sp³-hybridized carbons (Fsp3) is 0.321. The van der Waals surface area contributed by atoms with Crippen LogP contribution in [0.2, 0.25) is 0 Å². The van der Waals surface area contributed by atoms with Crippen LogP contribution in [0.25, 0.3) is 0 Å². The van der Waals surface area contributed by atoms with Crippen LogP contribution in [-0.4, -0.2) is 49.6 Å². The van der Waals surface area contributed by atoms with Gasteiger partial charge in [-0.15, -0.1) is 0 Å². The Hall–Kier alpha value is -3.51. The van der Waals surface area contributed by atoms with Gasteiger partial charge in [0.2, 0.25) is 0 Å². The van der Waals surface area contributed by atoms with E-state index in [4.69, 9.17) is 0 Å². The molecular formula is C28H34N4O2. The van der Waals surface area contributed by atoms with Crippen molar-refractivity contribution in [2.45, 2.75) is 31.8 Å². The zero-order valence-electron chi connectivity index (χ0n) is 20.0. The number of carbonyl (C=O) groups excluding carboxylic acids is 2. The van der Waals surface area contributed by atoms with E-state index in [1.54, 1.807) is 25.4 Å². The van der Waals surface area contributed by atoms with Crippen molar-refractivity contribution in [1.82, 2.24) is 15.5 Å². The largest absolute Gasteiger partial charge is 0.341 e. The molecule has 0 radical (unpaired) electrons. The molecule has 0 aliphatic carbocycles. The van der Waals surface area contributed by atoms with Crippen LogP contribution in [0.3, 0.4) is 0 Å². The maximum atomic E-state index is 13.2. The van der Waals surface area contributed by atoms with Gasteiger partial charge in [-0.2, -0.15) is 0 Å². The summed E-state index contributed by atoms with van der Waals surface area (Å²) in [6.45, 7) is 6.48. The van der Waals surface area contributed by atoms with Crippen LogP contribution in [0, 0.1) is 5.92 Å². The van der Waals surface area contributed by atoms with Gasteiger partial charge in [-0.05, 0) is 49.3 Å². The molecule has 1 fully saturated rings. The highest BCUT2D eigenvalue weighted by molar-refractivity contribution is 5.97. The third-order valence-electron chi connectivity index (χ3n) is 6.35. The minimum Gasteiger partial charge on any atom is -0.341 e. The first-order valence-corrected chi connectivity index (χ1v) is 11.7. The van der Waals surface area contributed by atoms with Crippen molar-refractivity contribution in [3.8, 4) is 0 Å². The molecule has 1 aliphatic rings. The molecule has 2 N–H and O–H groups in total. The van der Waals surface area contributed by atoms with Gasteiger partial charge in [0, 0.05) is 38.3 Å². The van der Waals surface area contributed by atoms with Crippen LogP contribution in [0.15, 0.2) is 89.6 Å². The average Bonchev–Trinajstić information content (AvgIpc) is 2.88. The molecule has 0 saturated carbocycles. The number of likely N-dealkylation sites (tertiary alicyclic amines) is 1. The molecule has 1 heterocycles. The fourth-order valence-corrected chi connectivity index (χ4v) is 4.65. The van der Waals surface area contributed by atoms with Crippen LogP contribution < -0.4 is 10.6 Å². The number of ketones is 1. The lowest BCUT2D eigenvalue weighted by Gasteiger charge is -2.44. The van der Waals surface area contributed by atoms with E-state index in [1.807, 2.05) is 19.1 Å². The first kappa shape index (κ1) is 25.1. The number of allylic oxidation sites excluding steroid dienone is 3. The van der Waals surface area contributed by atoms with Crippen molar-refractivity contribution in [2.75, 3.05) is 20.1 Å². The van der Waals surface area contributed by atoms with E-state index in [2.05, 4.69) is 75.8 Å². The lowest BCUT2D eigenvalue weighted by Crippen LogP contribution is -2.52. The normalized spacial score (nSPS) is 19.2. The number of nitrogens with one attached hydrogen (secondary N) is 2. The minimum absolute atomic E-state index is 0.00333. The zero-order valence-corrected chi connectivity index (χ0v) is 20.0. The van der Waals surface area contributed by atoms with Gasteiger partial charge in [-0.25, -0.2) is 4.79 Å². The Bertz CT molecular complexity index is 978. The van der Waals surface area contributed by atoms with Crippen LogP contribution in [0.5, 0.6) is 0 Å². The summed E-state index contributed by atoms with van der Waals surface area (Å²) in [7, 11) is 1.61. The van der Waals surface area contributed by atoms with E-state index in [-0.39, 0.29) is 29.8 Å². The summed E-state index contributed by atoms with van der Waals surface area (Å²) in [5.74, 6) is 0.0514. The number of Topliss-reactive ketones (excluding diaryl/α,β-unsaturated/α-hetero) is 1. The van der Waals surface area contributed by atoms with Gasteiger partial charge in [-0.3, -0.25) is 14.7 Å². The van der Waals surface area contributed by atoms with E-state index in [0.717, 1.165) is 13.0 Å². The van der Waals surface area contributed by atoms with Crippen molar-refractivity contribution in [3.63, 3.8) is 0 Å². The molecule has 34 heavy (non-hydrogen) atoms. The Morgan fingerprint density at radius 3 is 2.29 bits per heavy atom. The summed E-state index contributed by atoms with van der Waals surface area (Å²) < 4.78 is 0. The molecule has 0 aromatic heterocycles. The average molecular weight is 459 g/mol. The number of amides is 2. The van der Waals surface area contributed by atoms with Gasteiger partial charge >= 0.3 is 6.03 Å². The minimum atomic E-state index is -0.220. The van der Waals surface area contributed by atoms with Crippen molar-refractivity contribution in [2.24, 2.45) is 10.9 Å². The monoisotopic (exact) mass is 458 g/mol. The summed E-state index contributed by atoms with van der Waals surface area (Å²) >= 11 is 0. The second kappa shape index (κ2) is 12.7. The Morgan fingerprint density at radius 2 is 1.74 bits per heavy atom. The molecule has 0 spiro atoms. The maximum absolute atomic E-state index is 13.2. The van der Waals surface area contributed by atoms with Crippen molar-refractivity contribution in [1.29, 1.82) is 0 Å². The van der Waals surface area contributed by atoms with Crippen LogP contribution >= 0.6 is 0 Å². The molecule has 6 heteroatoms. The van der Waals surface area contributed by atoms with E-state index in [1.165, 1.54) is 11.1 Å². The maximum Gasteiger partial charge on any atom is 0.314 e. The smallest absolute Gasteiger partial charge is 0.314 e. The molecule has 2 atom stereocenters. The molecule has 1 unspecified atom stereocenters. The second-order valence-corrected chi connectivity index (χ2v) is 8.53. The summed E-state index contributed by atoms with van der Waals surface area (Å²) in [6.07, 6.45) is 6.53. The van der Waals surface area contributed by atoms with Crippen LogP contribution in [0.4, 0.5) is 4.79 Å². The highest BCUT2D eigenvalue weighted by Gasteiger charge is 2.37. The molecule has 6 nitrogen and oxygen atoms in total. The SMILES string of the molecule is C=N/C=C\C=C(/C)C(=O)[C@H]1CCN(C(c2ccccc2)c2ccccc2)C(CNC(=O)NC)C1. The van der Waals surface area contributed by atoms with Gasteiger partial charge in [0.1, 0.15) is 0 Å². The Balaban J connectivity index is 1.90. The second-order valence-electron chi connectivity index (χ2n) is 8.53. The van der Waals surface area contributed by atoms with Gasteiger partial charge in [0.15, 0.2) is 5.78 Å². The number of hydrogen-bond donors (Lipinski definition) is 2. The molecule has 2 amide bonds. The molecule has 3 rings (SSSR count). The van der Waals surface area contributed by atoms with Gasteiger partial charge in [0.25, 0.3) is 0 Å². The number of aliphatic imine (C=N–C) groups is 1.